The van der Waals surface area contributed by atoms with Gasteiger partial charge in [-0.05, 0) is 50.7 Å². The monoisotopic (exact) mass is 499 g/mol. The van der Waals surface area contributed by atoms with Gasteiger partial charge in [-0.1, -0.05) is 32.4 Å². The van der Waals surface area contributed by atoms with Crippen molar-refractivity contribution in [2.24, 2.45) is 14.2 Å². The highest BCUT2D eigenvalue weighted by Gasteiger charge is 2.33. The molecule has 1 aromatic carbocycles. The van der Waals surface area contributed by atoms with Crippen LogP contribution in [0, 0.1) is 12.3 Å². The predicted octanol–water partition coefficient (Wildman–Crippen LogP) is 3.71. The largest absolute Gasteiger partial charge is 0.504 e. The summed E-state index contributed by atoms with van der Waals surface area (Å²) in [4.78, 5) is 0.0615. The van der Waals surface area contributed by atoms with Gasteiger partial charge in [-0.25, -0.2) is 12.7 Å². The van der Waals surface area contributed by atoms with E-state index in [1.165, 1.54) is 16.4 Å². The fourth-order valence-corrected chi connectivity index (χ4v) is 4.87. The van der Waals surface area contributed by atoms with Crippen molar-refractivity contribution >= 4 is 51.1 Å². The van der Waals surface area contributed by atoms with Crippen molar-refractivity contribution < 1.29 is 17.9 Å². The van der Waals surface area contributed by atoms with Gasteiger partial charge in [-0.2, -0.15) is 0 Å². The number of rotatable bonds is 5. The van der Waals surface area contributed by atoms with Crippen LogP contribution in [-0.2, 0) is 22.2 Å². The van der Waals surface area contributed by atoms with Gasteiger partial charge in [0, 0.05) is 0 Å². The second-order valence-electron chi connectivity index (χ2n) is 8.46. The second kappa shape index (κ2) is 9.34. The molecule has 3 atom stereocenters. The van der Waals surface area contributed by atoms with E-state index < -0.39 is 22.2 Å². The SMILES string of the molecule is Cc1ccc([C@H](NC2=NS(=O)N=C2Nc2ccc(Cl)c(S(=O)N(C)C)c2O)C(C)(C)C)o1. The van der Waals surface area contributed by atoms with E-state index in [9.17, 15) is 13.5 Å². The summed E-state index contributed by atoms with van der Waals surface area (Å²) in [7, 11) is 1.53. The third-order valence-corrected chi connectivity index (χ3v) is 7.13. The molecule has 0 bridgehead atoms. The lowest BCUT2D eigenvalue weighted by molar-refractivity contribution is 0.261. The van der Waals surface area contributed by atoms with Gasteiger partial charge in [0.05, 0.1) is 16.8 Å². The van der Waals surface area contributed by atoms with Crippen LogP contribution in [0.15, 0.2) is 42.4 Å². The van der Waals surface area contributed by atoms with Gasteiger partial charge in [0.25, 0.3) is 11.2 Å². The van der Waals surface area contributed by atoms with Crippen molar-refractivity contribution in [2.45, 2.75) is 38.6 Å². The highest BCUT2D eigenvalue weighted by atomic mass is 35.5. The normalized spacial score (nSPS) is 18.3. The highest BCUT2D eigenvalue weighted by Crippen LogP contribution is 2.37. The first-order chi connectivity index (χ1) is 14.9. The summed E-state index contributed by atoms with van der Waals surface area (Å²) in [5.41, 5.74) is -0.0758. The molecule has 0 radical (unpaired) electrons. The topological polar surface area (TPSA) is 120 Å². The molecule has 0 spiro atoms. The Labute approximate surface area is 197 Å². The zero-order chi connectivity index (χ0) is 23.8. The third-order valence-electron chi connectivity index (χ3n) is 4.60. The third kappa shape index (κ3) is 5.22. The van der Waals surface area contributed by atoms with Gasteiger partial charge < -0.3 is 20.2 Å². The molecule has 0 saturated heterocycles. The van der Waals surface area contributed by atoms with E-state index in [0.717, 1.165) is 5.76 Å². The van der Waals surface area contributed by atoms with Crippen LogP contribution in [0.5, 0.6) is 5.75 Å². The molecule has 1 aliphatic heterocycles. The summed E-state index contributed by atoms with van der Waals surface area (Å²) >= 11 is 4.33. The van der Waals surface area contributed by atoms with Crippen LogP contribution in [0.3, 0.4) is 0 Å². The fraction of sp³-hybridized carbons (Fsp3) is 0.400. The molecule has 9 nitrogen and oxygen atoms in total. The molecule has 3 rings (SSSR count). The van der Waals surface area contributed by atoms with Gasteiger partial charge in [-0.15, -0.1) is 8.80 Å². The number of aromatic hydroxyl groups is 1. The summed E-state index contributed by atoms with van der Waals surface area (Å²) in [5.74, 6) is 1.60. The van der Waals surface area contributed by atoms with Gasteiger partial charge in [0.15, 0.2) is 17.4 Å². The Morgan fingerprint density at radius 2 is 1.84 bits per heavy atom. The lowest BCUT2D eigenvalue weighted by atomic mass is 9.85. The van der Waals surface area contributed by atoms with Crippen LogP contribution in [0.2, 0.25) is 5.02 Å². The summed E-state index contributed by atoms with van der Waals surface area (Å²) in [6.07, 6.45) is 0. The van der Waals surface area contributed by atoms with Crippen molar-refractivity contribution in [1.82, 2.24) is 9.62 Å². The molecule has 0 amide bonds. The fourth-order valence-electron chi connectivity index (χ4n) is 3.02. The lowest BCUT2D eigenvalue weighted by Gasteiger charge is -2.30. The molecule has 0 fully saturated rings. The number of phenolic OH excluding ortho intramolecular Hbond substituents is 1. The van der Waals surface area contributed by atoms with E-state index in [-0.39, 0.29) is 44.5 Å². The van der Waals surface area contributed by atoms with Gasteiger partial charge >= 0.3 is 0 Å². The molecule has 174 valence electrons. The molecule has 12 heteroatoms. The Bertz CT molecular complexity index is 1140. The molecule has 0 aliphatic carbocycles. The van der Waals surface area contributed by atoms with Crippen LogP contribution >= 0.6 is 11.6 Å². The number of nitrogens with one attached hydrogen (secondary N) is 2. The molecular formula is C20H26ClN5O4S2. The maximum Gasteiger partial charge on any atom is 0.269 e. The van der Waals surface area contributed by atoms with Crippen molar-refractivity contribution in [2.75, 3.05) is 19.4 Å². The number of furan rings is 1. The number of amidine groups is 2. The second-order valence-corrected chi connectivity index (χ2v) is 11.3. The number of anilines is 1. The number of phenols is 1. The first-order valence-corrected chi connectivity index (χ1v) is 12.2. The Morgan fingerprint density at radius 1 is 1.19 bits per heavy atom. The molecule has 3 N–H and O–H groups in total. The predicted molar refractivity (Wildman–Crippen MR) is 129 cm³/mol. The minimum atomic E-state index is -1.84. The number of aryl methyl sites for hydroxylation is 1. The lowest BCUT2D eigenvalue weighted by Crippen LogP contribution is -2.41. The molecule has 0 saturated carbocycles. The molecular weight excluding hydrogens is 474 g/mol. The quantitative estimate of drug-likeness (QED) is 0.539. The van der Waals surface area contributed by atoms with Gasteiger partial charge in [-0.3, -0.25) is 0 Å². The Morgan fingerprint density at radius 3 is 2.41 bits per heavy atom. The van der Waals surface area contributed by atoms with Crippen molar-refractivity contribution in [3.05, 3.63) is 40.8 Å². The minimum absolute atomic E-state index is 0.0615. The van der Waals surface area contributed by atoms with Crippen LogP contribution < -0.4 is 10.6 Å². The molecule has 2 heterocycles. The number of halogens is 1. The number of hydrogen-bond donors (Lipinski definition) is 3. The first-order valence-electron chi connectivity index (χ1n) is 9.69. The Kier molecular flexibility index (Phi) is 7.13. The van der Waals surface area contributed by atoms with E-state index in [4.69, 9.17) is 16.0 Å². The number of nitrogens with zero attached hydrogens (tertiary/aromatic N) is 3. The van der Waals surface area contributed by atoms with Gasteiger partial charge in [0.2, 0.25) is 0 Å². The zero-order valence-electron chi connectivity index (χ0n) is 18.6. The number of hydrogen-bond acceptors (Lipinski definition) is 6. The maximum atomic E-state index is 12.5. The molecule has 1 aliphatic rings. The zero-order valence-corrected chi connectivity index (χ0v) is 21.0. The highest BCUT2D eigenvalue weighted by molar-refractivity contribution is 7.83. The van der Waals surface area contributed by atoms with E-state index in [1.807, 2.05) is 39.8 Å². The van der Waals surface area contributed by atoms with Crippen molar-refractivity contribution in [1.29, 1.82) is 0 Å². The minimum Gasteiger partial charge on any atom is -0.504 e. The summed E-state index contributed by atoms with van der Waals surface area (Å²) in [6, 6.07) is 6.49. The first kappa shape index (κ1) is 24.4. The van der Waals surface area contributed by atoms with Crippen LogP contribution in [0.4, 0.5) is 5.69 Å². The van der Waals surface area contributed by atoms with Crippen molar-refractivity contribution in [3.63, 3.8) is 0 Å². The van der Waals surface area contributed by atoms with Crippen LogP contribution in [-0.4, -0.2) is 43.6 Å². The molecule has 2 aromatic rings. The average molecular weight is 500 g/mol. The molecule has 2 unspecified atom stereocenters. The van der Waals surface area contributed by atoms with Crippen LogP contribution in [0.1, 0.15) is 38.3 Å². The van der Waals surface area contributed by atoms with E-state index in [1.54, 1.807) is 14.1 Å². The standard InChI is InChI=1S/C20H26ClN5O4S2/c1-11-7-10-14(30-11)17(20(2,3)4)23-19-18(24-32(29)25-19)22-13-9-8-12(21)16(15(13)27)31(28)26(5)6/h7-10,17,27H,1-6H3,(H,22,24)(H,23,25)/t17-,31?,32?/m0/s1. The van der Waals surface area contributed by atoms with E-state index in [2.05, 4.69) is 19.4 Å². The van der Waals surface area contributed by atoms with E-state index >= 15 is 0 Å². The summed E-state index contributed by atoms with van der Waals surface area (Å²) < 4.78 is 40.0. The Hall–Kier alpha value is -2.21. The van der Waals surface area contributed by atoms with Gasteiger partial charge in [0.1, 0.15) is 27.4 Å². The summed E-state index contributed by atoms with van der Waals surface area (Å²) in [5, 5.41) is 17.1. The Balaban J connectivity index is 1.92. The summed E-state index contributed by atoms with van der Waals surface area (Å²) in [6.45, 7) is 7.96. The van der Waals surface area contributed by atoms with Crippen molar-refractivity contribution in [3.8, 4) is 5.75 Å². The number of benzene rings is 1. The smallest absolute Gasteiger partial charge is 0.269 e. The van der Waals surface area contributed by atoms with E-state index in [0.29, 0.717) is 5.76 Å². The molecule has 32 heavy (non-hydrogen) atoms. The maximum absolute atomic E-state index is 12.5. The average Bonchev–Trinajstić information content (AvgIpc) is 3.26. The van der Waals surface area contributed by atoms with Crippen LogP contribution in [0.25, 0.3) is 0 Å². The molecule has 1 aromatic heterocycles.